The van der Waals surface area contributed by atoms with Crippen LogP contribution in [-0.2, 0) is 19.1 Å². The van der Waals surface area contributed by atoms with Gasteiger partial charge in [-0.25, -0.2) is 4.98 Å². The van der Waals surface area contributed by atoms with Gasteiger partial charge >= 0.3 is 11.9 Å². The zero-order valence-electron chi connectivity index (χ0n) is 37.5. The fraction of sp³-hybridized carbons (Fsp3) is 0.765. The Morgan fingerprint density at radius 1 is 0.814 bits per heavy atom. The largest absolute Gasteiger partial charge is 0.481 e. The number of aliphatic carboxylic acids is 1. The maximum Gasteiger partial charge on any atom is 0.306 e. The van der Waals surface area contributed by atoms with E-state index in [2.05, 4.69) is 75.7 Å². The lowest BCUT2D eigenvalue weighted by Gasteiger charge is -2.73. The van der Waals surface area contributed by atoms with E-state index in [0.717, 1.165) is 75.0 Å². The van der Waals surface area contributed by atoms with Gasteiger partial charge in [0.25, 0.3) is 0 Å². The van der Waals surface area contributed by atoms with Crippen molar-refractivity contribution in [1.82, 2.24) is 14.9 Å². The second-order valence-corrected chi connectivity index (χ2v) is 23.6. The number of carbonyl (C=O) groups excluding carboxylic acids is 2. The number of hydrogen-bond acceptors (Lipinski definition) is 5. The van der Waals surface area contributed by atoms with Gasteiger partial charge in [-0.3, -0.25) is 14.4 Å². The van der Waals surface area contributed by atoms with Crippen LogP contribution in [0.3, 0.4) is 0 Å². The van der Waals surface area contributed by atoms with E-state index in [9.17, 15) is 14.7 Å². The number of carbonyl (C=O) groups is 3. The third-order valence-electron chi connectivity index (χ3n) is 19.8. The summed E-state index contributed by atoms with van der Waals surface area (Å²) in [6.45, 7) is 19.8. The number of fused-ring (bicyclic) bond motifs is 7. The smallest absolute Gasteiger partial charge is 0.306 e. The monoisotopic (exact) mass is 808 g/mol. The minimum Gasteiger partial charge on any atom is -0.481 e. The third-order valence-corrected chi connectivity index (χ3v) is 19.8. The predicted octanol–water partition coefficient (Wildman–Crippen LogP) is 11.4. The van der Waals surface area contributed by atoms with Crippen molar-refractivity contribution in [2.24, 2.45) is 67.5 Å². The molecule has 6 saturated carbocycles. The summed E-state index contributed by atoms with van der Waals surface area (Å²) in [5.74, 6) is 2.86. The van der Waals surface area contributed by atoms with E-state index in [4.69, 9.17) is 9.72 Å². The summed E-state index contributed by atoms with van der Waals surface area (Å²) < 4.78 is 6.34. The molecule has 6 aliphatic carbocycles. The van der Waals surface area contributed by atoms with E-state index >= 15 is 4.79 Å². The summed E-state index contributed by atoms with van der Waals surface area (Å²) in [6.07, 6.45) is 17.5. The Labute approximate surface area is 353 Å². The van der Waals surface area contributed by atoms with Crippen LogP contribution in [0.2, 0.25) is 0 Å². The number of aromatic nitrogens is 2. The number of nitrogens with zero attached hydrogens (tertiary/aromatic N) is 2. The van der Waals surface area contributed by atoms with Crippen molar-refractivity contribution in [2.75, 3.05) is 6.54 Å². The van der Waals surface area contributed by atoms with Crippen LogP contribution in [0.25, 0.3) is 11.3 Å². The molecule has 0 bridgehead atoms. The molecular formula is C51H73N3O5. The second kappa shape index (κ2) is 13.9. The first-order valence-electron chi connectivity index (χ1n) is 23.6. The highest BCUT2D eigenvalue weighted by molar-refractivity contribution is 5.84. The van der Waals surface area contributed by atoms with Crippen molar-refractivity contribution in [3.63, 3.8) is 0 Å². The Hall–Kier alpha value is -3.16. The van der Waals surface area contributed by atoms with E-state index in [1.807, 2.05) is 26.1 Å². The van der Waals surface area contributed by atoms with Gasteiger partial charge < -0.3 is 19.7 Å². The molecule has 1 amide bonds. The molecule has 7 aliphatic rings. The Kier molecular flexibility index (Phi) is 9.73. The first kappa shape index (κ1) is 41.2. The van der Waals surface area contributed by atoms with Crippen molar-refractivity contribution >= 4 is 17.8 Å². The average Bonchev–Trinajstić information content (AvgIpc) is 3.56. The van der Waals surface area contributed by atoms with Crippen LogP contribution in [-0.4, -0.2) is 50.5 Å². The Morgan fingerprint density at radius 3 is 2.27 bits per heavy atom. The summed E-state index contributed by atoms with van der Waals surface area (Å²) >= 11 is 0. The zero-order chi connectivity index (χ0) is 42.0. The first-order valence-corrected chi connectivity index (χ1v) is 23.6. The number of carboxylic acid groups (broad SMARTS) is 1. The van der Waals surface area contributed by atoms with Gasteiger partial charge in [0.05, 0.1) is 36.2 Å². The number of carboxylic acids is 1. The van der Waals surface area contributed by atoms with Crippen molar-refractivity contribution < 1.29 is 24.2 Å². The summed E-state index contributed by atoms with van der Waals surface area (Å²) in [5, 5.41) is 9.42. The molecular weight excluding hydrogens is 735 g/mol. The Bertz CT molecular complexity index is 1970. The van der Waals surface area contributed by atoms with Crippen molar-refractivity contribution in [1.29, 1.82) is 0 Å². The van der Waals surface area contributed by atoms with Crippen LogP contribution in [0.4, 0.5) is 0 Å². The van der Waals surface area contributed by atoms with Gasteiger partial charge in [0.1, 0.15) is 11.9 Å². The molecule has 8 nitrogen and oxygen atoms in total. The molecule has 2 aromatic rings. The second-order valence-electron chi connectivity index (χ2n) is 23.6. The maximum absolute atomic E-state index is 15.7. The lowest BCUT2D eigenvalue weighted by atomic mass is 9.32. The molecule has 1 aliphatic heterocycles. The van der Waals surface area contributed by atoms with Crippen molar-refractivity contribution in [3.8, 4) is 11.3 Å². The minimum absolute atomic E-state index is 0.0105. The predicted molar refractivity (Wildman–Crippen MR) is 230 cm³/mol. The third kappa shape index (κ3) is 6.30. The van der Waals surface area contributed by atoms with Gasteiger partial charge in [-0.1, -0.05) is 85.7 Å². The first-order chi connectivity index (χ1) is 27.8. The molecule has 2 N–H and O–H groups in total. The molecule has 9 rings (SSSR count). The topological polar surface area (TPSA) is 113 Å². The Morgan fingerprint density at radius 2 is 1.56 bits per heavy atom. The number of hydrogen-bond donors (Lipinski definition) is 2. The number of likely N-dealkylation sites (tertiary alicyclic amines) is 1. The van der Waals surface area contributed by atoms with Gasteiger partial charge in [0.15, 0.2) is 0 Å². The van der Waals surface area contributed by atoms with Crippen LogP contribution >= 0.6 is 0 Å². The number of esters is 1. The fourth-order valence-electron chi connectivity index (χ4n) is 16.4. The number of rotatable bonds is 9. The number of ether oxygens (including phenoxy) is 1. The quantitative estimate of drug-likeness (QED) is 0.244. The number of nitrogens with one attached hydrogen (secondary N) is 1. The lowest BCUT2D eigenvalue weighted by molar-refractivity contribution is -0.251. The summed E-state index contributed by atoms with van der Waals surface area (Å²) in [5.41, 5.74) is 1.89. The SMILES string of the molecule is CC(C)(CC(=O)O)CC(=O)OC1CCC2(C)C(CCC3(C)C2CCC2C4C(C5(C)CC5)CCC4(C(=O)N4CCCC4c4ncc(-c5ccccc5)[nH]4)CCC23C)C1(C)C. The normalized spacial score (nSPS) is 40.6. The number of imidazole rings is 1. The van der Waals surface area contributed by atoms with Gasteiger partial charge in [-0.15, -0.1) is 0 Å². The minimum atomic E-state index is -0.881. The van der Waals surface area contributed by atoms with Crippen LogP contribution < -0.4 is 0 Å². The molecule has 7 fully saturated rings. The van der Waals surface area contributed by atoms with Gasteiger partial charge in [0, 0.05) is 12.0 Å². The summed E-state index contributed by atoms with van der Waals surface area (Å²) in [7, 11) is 0. The van der Waals surface area contributed by atoms with Crippen molar-refractivity contribution in [2.45, 2.75) is 170 Å². The molecule has 11 atom stereocenters. The maximum atomic E-state index is 15.7. The molecule has 8 heteroatoms. The average molecular weight is 808 g/mol. The molecule has 1 saturated heterocycles. The van der Waals surface area contributed by atoms with Crippen molar-refractivity contribution in [3.05, 3.63) is 42.4 Å². The van der Waals surface area contributed by atoms with E-state index in [0.29, 0.717) is 40.9 Å². The Balaban J connectivity index is 0.980. The highest BCUT2D eigenvalue weighted by atomic mass is 16.5. The number of aromatic amines is 1. The summed E-state index contributed by atoms with van der Waals surface area (Å²) in [6, 6.07) is 10.4. The zero-order valence-corrected chi connectivity index (χ0v) is 37.5. The van der Waals surface area contributed by atoms with E-state index in [1.165, 1.54) is 38.5 Å². The molecule has 1 aromatic heterocycles. The number of H-pyrrole nitrogens is 1. The van der Waals surface area contributed by atoms with Crippen LogP contribution in [0.1, 0.15) is 170 Å². The van der Waals surface area contributed by atoms with E-state index in [1.54, 1.807) is 0 Å². The van der Waals surface area contributed by atoms with E-state index in [-0.39, 0.29) is 58.0 Å². The standard InChI is InChI=1S/C51H73N3O5/c1-45(2,29-40(55)56)30-41(57)59-39-20-21-48(6)37(46(39,3)4)19-22-50(8)38(48)17-16-34-42-33(47(5)24-25-47)18-23-51(42,27-26-49(34,50)7)44(58)54-28-12-15-36(54)43-52-31-35(53-43)32-13-10-9-11-14-32/h9-11,13-14,31,33-34,36-39,42H,12,15-30H2,1-8H3,(H,52,53)(H,55,56). The molecule has 11 unspecified atom stereocenters. The number of benzene rings is 1. The number of amides is 1. The molecule has 0 radical (unpaired) electrons. The summed E-state index contributed by atoms with van der Waals surface area (Å²) in [4.78, 5) is 51.4. The molecule has 322 valence electrons. The van der Waals surface area contributed by atoms with Gasteiger partial charge in [0.2, 0.25) is 5.91 Å². The fourth-order valence-corrected chi connectivity index (χ4v) is 16.4. The highest BCUT2D eigenvalue weighted by Crippen LogP contribution is 2.79. The van der Waals surface area contributed by atoms with Crippen LogP contribution in [0.15, 0.2) is 36.5 Å². The van der Waals surface area contributed by atoms with Gasteiger partial charge in [-0.2, -0.15) is 0 Å². The highest BCUT2D eigenvalue weighted by Gasteiger charge is 2.74. The van der Waals surface area contributed by atoms with Crippen LogP contribution in [0.5, 0.6) is 0 Å². The molecule has 1 aromatic carbocycles. The van der Waals surface area contributed by atoms with Gasteiger partial charge in [-0.05, 0) is 152 Å². The lowest BCUT2D eigenvalue weighted by Crippen LogP contribution is -2.67. The van der Waals surface area contributed by atoms with E-state index < -0.39 is 11.4 Å². The molecule has 2 heterocycles. The molecule has 59 heavy (non-hydrogen) atoms. The molecule has 0 spiro atoms. The van der Waals surface area contributed by atoms with Crippen LogP contribution in [0, 0.1) is 67.5 Å².